The number of amides is 1. The molecule has 1 amide bonds. The number of hydrogen-bond donors (Lipinski definition) is 1. The highest BCUT2D eigenvalue weighted by atomic mass is 16.7. The van der Waals surface area contributed by atoms with E-state index in [9.17, 15) is 4.79 Å². The van der Waals surface area contributed by atoms with Crippen LogP contribution in [0.4, 0.5) is 5.82 Å². The van der Waals surface area contributed by atoms with Crippen LogP contribution in [0.15, 0.2) is 30.6 Å². The lowest BCUT2D eigenvalue weighted by Gasteiger charge is -2.36. The van der Waals surface area contributed by atoms with E-state index in [1.807, 2.05) is 18.2 Å². The van der Waals surface area contributed by atoms with Gasteiger partial charge in [0.2, 0.25) is 6.79 Å². The fraction of sp³-hybridized carbons (Fsp3) is 0.450. The van der Waals surface area contributed by atoms with Gasteiger partial charge in [-0.05, 0) is 43.4 Å². The molecular weight excluding hydrogens is 344 g/mol. The van der Waals surface area contributed by atoms with Crippen molar-refractivity contribution < 1.29 is 14.3 Å². The predicted molar refractivity (Wildman–Crippen MR) is 101 cm³/mol. The van der Waals surface area contributed by atoms with E-state index < -0.39 is 0 Å². The molecule has 3 heterocycles. The maximum absolute atomic E-state index is 12.6. The molecule has 1 unspecified atom stereocenters. The SMILES string of the molecule is CCC1CCCCN1c1cc(C(=O)NCc2ccc3c(c2)OCO3)ncn1. The summed E-state index contributed by atoms with van der Waals surface area (Å²) in [6.07, 6.45) is 6.14. The van der Waals surface area contributed by atoms with E-state index in [0.29, 0.717) is 24.0 Å². The molecule has 4 rings (SSSR count). The molecule has 1 aromatic heterocycles. The Morgan fingerprint density at radius 2 is 2.11 bits per heavy atom. The topological polar surface area (TPSA) is 76.6 Å². The van der Waals surface area contributed by atoms with Crippen LogP contribution >= 0.6 is 0 Å². The average Bonchev–Trinajstić information content (AvgIpc) is 3.20. The minimum atomic E-state index is -0.207. The van der Waals surface area contributed by atoms with Crippen LogP contribution in [0.3, 0.4) is 0 Å². The molecule has 1 N–H and O–H groups in total. The highest BCUT2D eigenvalue weighted by Gasteiger charge is 2.23. The monoisotopic (exact) mass is 368 g/mol. The Kier molecular flexibility index (Phi) is 5.09. The normalized spacial score (nSPS) is 18.4. The zero-order valence-electron chi connectivity index (χ0n) is 15.5. The third kappa shape index (κ3) is 3.82. The Morgan fingerprint density at radius 3 is 3.00 bits per heavy atom. The van der Waals surface area contributed by atoms with Gasteiger partial charge in [0.1, 0.15) is 17.8 Å². The van der Waals surface area contributed by atoms with Crippen molar-refractivity contribution in [2.24, 2.45) is 0 Å². The first-order valence-electron chi connectivity index (χ1n) is 9.50. The quantitative estimate of drug-likeness (QED) is 0.874. The molecule has 27 heavy (non-hydrogen) atoms. The highest BCUT2D eigenvalue weighted by molar-refractivity contribution is 5.92. The molecule has 7 heteroatoms. The van der Waals surface area contributed by atoms with Crippen molar-refractivity contribution in [3.8, 4) is 11.5 Å². The molecule has 0 radical (unpaired) electrons. The molecule has 7 nitrogen and oxygen atoms in total. The number of aromatic nitrogens is 2. The van der Waals surface area contributed by atoms with Crippen LogP contribution in [0.5, 0.6) is 11.5 Å². The average molecular weight is 368 g/mol. The summed E-state index contributed by atoms with van der Waals surface area (Å²) in [6, 6.07) is 7.93. The van der Waals surface area contributed by atoms with Gasteiger partial charge in [-0.1, -0.05) is 13.0 Å². The molecule has 1 fully saturated rings. The van der Waals surface area contributed by atoms with E-state index >= 15 is 0 Å². The molecule has 0 aliphatic carbocycles. The summed E-state index contributed by atoms with van der Waals surface area (Å²) in [5, 5.41) is 2.92. The molecule has 1 atom stereocenters. The molecule has 1 saturated heterocycles. The first-order chi connectivity index (χ1) is 13.2. The third-order valence-corrected chi connectivity index (χ3v) is 5.17. The van der Waals surface area contributed by atoms with Gasteiger partial charge < -0.3 is 19.7 Å². The van der Waals surface area contributed by atoms with Crippen molar-refractivity contribution >= 4 is 11.7 Å². The summed E-state index contributed by atoms with van der Waals surface area (Å²) in [4.78, 5) is 23.4. The van der Waals surface area contributed by atoms with Gasteiger partial charge in [0.15, 0.2) is 11.5 Å². The van der Waals surface area contributed by atoms with Crippen LogP contribution in [-0.2, 0) is 6.54 Å². The molecule has 2 aromatic rings. The number of carbonyl (C=O) groups is 1. The number of nitrogens with one attached hydrogen (secondary N) is 1. The van der Waals surface area contributed by atoms with E-state index in [0.717, 1.165) is 36.5 Å². The molecule has 142 valence electrons. The lowest BCUT2D eigenvalue weighted by Crippen LogP contribution is -2.39. The van der Waals surface area contributed by atoms with Gasteiger partial charge in [0.05, 0.1) is 0 Å². The van der Waals surface area contributed by atoms with Crippen molar-refractivity contribution in [3.05, 3.63) is 41.9 Å². The minimum Gasteiger partial charge on any atom is -0.454 e. The Balaban J connectivity index is 1.43. The van der Waals surface area contributed by atoms with Crippen molar-refractivity contribution in [1.29, 1.82) is 0 Å². The Hall–Kier alpha value is -2.83. The third-order valence-electron chi connectivity index (χ3n) is 5.17. The molecule has 0 bridgehead atoms. The van der Waals surface area contributed by atoms with Crippen LogP contribution in [0, 0.1) is 0 Å². The predicted octanol–water partition coefficient (Wildman–Crippen LogP) is 2.90. The lowest BCUT2D eigenvalue weighted by atomic mass is 10.00. The summed E-state index contributed by atoms with van der Waals surface area (Å²) in [5.74, 6) is 2.07. The number of rotatable bonds is 5. The van der Waals surface area contributed by atoms with Crippen LogP contribution in [-0.4, -0.2) is 35.3 Å². The zero-order chi connectivity index (χ0) is 18.6. The standard InChI is InChI=1S/C20H24N4O3/c1-2-15-5-3-4-8-24(15)19-10-16(22-12-23-19)20(25)21-11-14-6-7-17-18(9-14)27-13-26-17/h6-7,9-10,12,15H,2-5,8,11,13H2,1H3,(H,21,25). The van der Waals surface area contributed by atoms with Crippen molar-refractivity contribution in [2.75, 3.05) is 18.2 Å². The summed E-state index contributed by atoms with van der Waals surface area (Å²) < 4.78 is 10.7. The molecule has 2 aliphatic heterocycles. The van der Waals surface area contributed by atoms with Gasteiger partial charge in [-0.25, -0.2) is 9.97 Å². The molecule has 0 saturated carbocycles. The highest BCUT2D eigenvalue weighted by Crippen LogP contribution is 2.32. The zero-order valence-corrected chi connectivity index (χ0v) is 15.5. The van der Waals surface area contributed by atoms with Gasteiger partial charge in [-0.15, -0.1) is 0 Å². The van der Waals surface area contributed by atoms with Gasteiger partial charge in [-0.3, -0.25) is 4.79 Å². The summed E-state index contributed by atoms with van der Waals surface area (Å²) >= 11 is 0. The second-order valence-corrected chi connectivity index (χ2v) is 6.88. The van der Waals surface area contributed by atoms with Gasteiger partial charge >= 0.3 is 0 Å². The maximum Gasteiger partial charge on any atom is 0.270 e. The Morgan fingerprint density at radius 1 is 1.22 bits per heavy atom. The van der Waals surface area contributed by atoms with Crippen molar-refractivity contribution in [2.45, 2.75) is 45.2 Å². The number of nitrogens with zero attached hydrogens (tertiary/aromatic N) is 3. The second kappa shape index (κ2) is 7.82. The van der Waals surface area contributed by atoms with Crippen LogP contribution in [0.1, 0.15) is 48.7 Å². The molecule has 2 aliphatic rings. The van der Waals surface area contributed by atoms with Crippen molar-refractivity contribution in [3.63, 3.8) is 0 Å². The summed E-state index contributed by atoms with van der Waals surface area (Å²) in [7, 11) is 0. The lowest BCUT2D eigenvalue weighted by molar-refractivity contribution is 0.0945. The Labute approximate surface area is 158 Å². The fourth-order valence-electron chi connectivity index (χ4n) is 3.68. The van der Waals surface area contributed by atoms with Crippen LogP contribution in [0.25, 0.3) is 0 Å². The fourth-order valence-corrected chi connectivity index (χ4v) is 3.68. The number of carbonyl (C=O) groups excluding carboxylic acids is 1. The Bertz CT molecular complexity index is 827. The van der Waals surface area contributed by atoms with E-state index in [1.54, 1.807) is 6.07 Å². The number of piperidine rings is 1. The van der Waals surface area contributed by atoms with Crippen molar-refractivity contribution in [1.82, 2.24) is 15.3 Å². The molecular formula is C20H24N4O3. The van der Waals surface area contributed by atoms with Crippen LogP contribution in [0.2, 0.25) is 0 Å². The number of benzene rings is 1. The van der Waals surface area contributed by atoms with Gasteiger partial charge in [-0.2, -0.15) is 0 Å². The van der Waals surface area contributed by atoms with Crippen LogP contribution < -0.4 is 19.7 Å². The summed E-state index contributed by atoms with van der Waals surface area (Å²) in [6.45, 7) is 3.82. The number of ether oxygens (including phenoxy) is 2. The van der Waals surface area contributed by atoms with E-state index in [2.05, 4.69) is 27.1 Å². The smallest absolute Gasteiger partial charge is 0.270 e. The van der Waals surface area contributed by atoms with Gasteiger partial charge in [0.25, 0.3) is 5.91 Å². The first kappa shape index (κ1) is 17.6. The van der Waals surface area contributed by atoms with Gasteiger partial charge in [0, 0.05) is 25.2 Å². The maximum atomic E-state index is 12.6. The second-order valence-electron chi connectivity index (χ2n) is 6.88. The minimum absolute atomic E-state index is 0.207. The molecule has 1 aromatic carbocycles. The van der Waals surface area contributed by atoms with E-state index in [-0.39, 0.29) is 12.7 Å². The summed E-state index contributed by atoms with van der Waals surface area (Å²) in [5.41, 5.74) is 1.34. The largest absolute Gasteiger partial charge is 0.454 e. The number of hydrogen-bond acceptors (Lipinski definition) is 6. The number of fused-ring (bicyclic) bond motifs is 1. The van der Waals surface area contributed by atoms with E-state index in [1.165, 1.54) is 19.2 Å². The molecule has 0 spiro atoms. The number of anilines is 1. The van der Waals surface area contributed by atoms with E-state index in [4.69, 9.17) is 9.47 Å². The first-order valence-corrected chi connectivity index (χ1v) is 9.50.